The number of ether oxygens (including phenoxy) is 1. The van der Waals surface area contributed by atoms with Crippen molar-refractivity contribution in [1.29, 1.82) is 0 Å². The summed E-state index contributed by atoms with van der Waals surface area (Å²) >= 11 is 0. The van der Waals surface area contributed by atoms with Gasteiger partial charge in [-0.15, -0.1) is 0 Å². The molecule has 0 spiro atoms. The van der Waals surface area contributed by atoms with E-state index in [0.29, 0.717) is 0 Å². The van der Waals surface area contributed by atoms with Gasteiger partial charge in [-0.05, 0) is 41.5 Å². The monoisotopic (exact) mass is 442 g/mol. The zero-order valence-electron chi connectivity index (χ0n) is 17.0. The number of fused-ring (bicyclic) bond motifs is 1. The predicted molar refractivity (Wildman–Crippen MR) is 116 cm³/mol. The van der Waals surface area contributed by atoms with Crippen molar-refractivity contribution in [3.63, 3.8) is 0 Å². The van der Waals surface area contributed by atoms with Gasteiger partial charge in [-0.2, -0.15) is 4.31 Å². The molecule has 1 fully saturated rings. The number of nitrogens with one attached hydrogen (secondary N) is 1. The Morgan fingerprint density at radius 2 is 1.77 bits per heavy atom. The van der Waals surface area contributed by atoms with E-state index in [1.54, 1.807) is 0 Å². The van der Waals surface area contributed by atoms with Gasteiger partial charge >= 0.3 is 0 Å². The van der Waals surface area contributed by atoms with Gasteiger partial charge in [-0.25, -0.2) is 12.8 Å². The Kier molecular flexibility index (Phi) is 6.04. The molecule has 0 aromatic heterocycles. The van der Waals surface area contributed by atoms with E-state index >= 15 is 0 Å². The summed E-state index contributed by atoms with van der Waals surface area (Å²) in [6.07, 6.45) is 0. The van der Waals surface area contributed by atoms with Crippen molar-refractivity contribution in [2.24, 2.45) is 0 Å². The molecule has 1 heterocycles. The topological polar surface area (TPSA) is 75.7 Å². The van der Waals surface area contributed by atoms with Crippen LogP contribution in [-0.2, 0) is 14.8 Å². The molecule has 1 unspecified atom stereocenters. The first-order valence-corrected chi connectivity index (χ1v) is 11.5. The van der Waals surface area contributed by atoms with Gasteiger partial charge in [0.25, 0.3) is 5.91 Å². The minimum atomic E-state index is -4.06. The lowest BCUT2D eigenvalue weighted by Gasteiger charge is -2.26. The van der Waals surface area contributed by atoms with Crippen LogP contribution in [0, 0.1) is 5.82 Å². The molecular weight excluding hydrogens is 419 g/mol. The number of benzene rings is 3. The highest BCUT2D eigenvalue weighted by molar-refractivity contribution is 7.89. The second-order valence-corrected chi connectivity index (χ2v) is 9.33. The molecule has 3 aromatic carbocycles. The van der Waals surface area contributed by atoms with E-state index < -0.39 is 26.6 Å². The molecule has 31 heavy (non-hydrogen) atoms. The lowest BCUT2D eigenvalue weighted by atomic mass is 9.99. The summed E-state index contributed by atoms with van der Waals surface area (Å²) in [5.41, 5.74) is 1.02. The molecule has 1 amide bonds. The third-order valence-corrected chi connectivity index (χ3v) is 7.33. The first-order chi connectivity index (χ1) is 14.9. The second-order valence-electron chi connectivity index (χ2n) is 7.43. The third-order valence-electron chi connectivity index (χ3n) is 5.42. The Labute approximate surface area is 180 Å². The molecule has 1 atom stereocenters. The van der Waals surface area contributed by atoms with Crippen LogP contribution in [-0.4, -0.2) is 44.9 Å². The summed E-state index contributed by atoms with van der Waals surface area (Å²) < 4.78 is 46.5. The van der Waals surface area contributed by atoms with E-state index in [9.17, 15) is 17.6 Å². The molecule has 6 nitrogen and oxygen atoms in total. The average molecular weight is 443 g/mol. The summed E-state index contributed by atoms with van der Waals surface area (Å²) in [5, 5.41) is 4.97. The van der Waals surface area contributed by atoms with Crippen LogP contribution in [0.3, 0.4) is 0 Å². The molecule has 1 saturated heterocycles. The van der Waals surface area contributed by atoms with E-state index in [-0.39, 0.29) is 37.9 Å². The van der Waals surface area contributed by atoms with Crippen LogP contribution in [0.15, 0.2) is 65.6 Å². The number of halogens is 1. The van der Waals surface area contributed by atoms with Crippen molar-refractivity contribution in [3.8, 4) is 0 Å². The van der Waals surface area contributed by atoms with Gasteiger partial charge in [-0.3, -0.25) is 4.79 Å². The largest absolute Gasteiger partial charge is 0.379 e. The number of amides is 1. The van der Waals surface area contributed by atoms with Gasteiger partial charge in [0.15, 0.2) is 0 Å². The van der Waals surface area contributed by atoms with Gasteiger partial charge < -0.3 is 10.1 Å². The lowest BCUT2D eigenvalue weighted by molar-refractivity contribution is 0.0729. The highest BCUT2D eigenvalue weighted by Gasteiger charge is 2.30. The molecule has 1 aliphatic heterocycles. The van der Waals surface area contributed by atoms with E-state index in [2.05, 4.69) is 5.32 Å². The van der Waals surface area contributed by atoms with Crippen molar-refractivity contribution in [2.75, 3.05) is 26.3 Å². The number of sulfonamides is 1. The van der Waals surface area contributed by atoms with Crippen LogP contribution in [0.2, 0.25) is 0 Å². The molecule has 8 heteroatoms. The predicted octanol–water partition coefficient (Wildman–Crippen LogP) is 3.49. The molecule has 4 rings (SSSR count). The number of nitrogens with zero attached hydrogens (tertiary/aromatic N) is 1. The first-order valence-electron chi connectivity index (χ1n) is 10.0. The molecule has 0 aliphatic carbocycles. The zero-order chi connectivity index (χ0) is 22.0. The highest BCUT2D eigenvalue weighted by atomic mass is 32.2. The average Bonchev–Trinajstić information content (AvgIpc) is 2.79. The summed E-state index contributed by atoms with van der Waals surface area (Å²) in [4.78, 5) is 12.4. The van der Waals surface area contributed by atoms with E-state index in [1.807, 2.05) is 49.4 Å². The molecule has 0 saturated carbocycles. The first kappa shape index (κ1) is 21.4. The molecule has 1 aliphatic rings. The third kappa shape index (κ3) is 4.32. The normalized spacial score (nSPS) is 16.2. The Balaban J connectivity index is 1.60. The Hall–Kier alpha value is -2.81. The number of hydrogen-bond acceptors (Lipinski definition) is 4. The maximum absolute atomic E-state index is 14.4. The van der Waals surface area contributed by atoms with Crippen molar-refractivity contribution < 1.29 is 22.3 Å². The quantitative estimate of drug-likeness (QED) is 0.656. The maximum atomic E-state index is 14.4. The minimum Gasteiger partial charge on any atom is -0.379 e. The molecule has 3 aromatic rings. The standard InChI is InChI=1S/C23H23FN2O4S/c1-16(19-8-4-6-17-5-2-3-7-20(17)19)25-23(27)18-9-10-21(24)22(15-18)31(28,29)26-11-13-30-14-12-26/h2-10,15-16H,11-14H2,1H3,(H,25,27). The number of rotatable bonds is 5. The van der Waals surface area contributed by atoms with Gasteiger partial charge in [0.1, 0.15) is 10.7 Å². The smallest absolute Gasteiger partial charge is 0.251 e. The van der Waals surface area contributed by atoms with Gasteiger partial charge in [-0.1, -0.05) is 42.5 Å². The van der Waals surface area contributed by atoms with E-state index in [1.165, 1.54) is 10.4 Å². The van der Waals surface area contributed by atoms with Gasteiger partial charge in [0, 0.05) is 18.7 Å². The van der Waals surface area contributed by atoms with Crippen LogP contribution < -0.4 is 5.32 Å². The lowest BCUT2D eigenvalue weighted by Crippen LogP contribution is -2.41. The minimum absolute atomic E-state index is 0.0836. The van der Waals surface area contributed by atoms with Crippen molar-refractivity contribution in [1.82, 2.24) is 9.62 Å². The Bertz CT molecular complexity index is 1220. The summed E-state index contributed by atoms with van der Waals surface area (Å²) in [5.74, 6) is -1.36. The molecule has 1 N–H and O–H groups in total. The zero-order valence-corrected chi connectivity index (χ0v) is 17.9. The number of carbonyl (C=O) groups is 1. The fraction of sp³-hybridized carbons (Fsp3) is 0.261. The van der Waals surface area contributed by atoms with Gasteiger partial charge in [0.2, 0.25) is 10.0 Å². The van der Waals surface area contributed by atoms with E-state index in [4.69, 9.17) is 4.74 Å². The second kappa shape index (κ2) is 8.74. The fourth-order valence-electron chi connectivity index (χ4n) is 3.75. The maximum Gasteiger partial charge on any atom is 0.251 e. The Morgan fingerprint density at radius 3 is 2.55 bits per heavy atom. The Morgan fingerprint density at radius 1 is 1.06 bits per heavy atom. The van der Waals surface area contributed by atoms with Crippen molar-refractivity contribution in [2.45, 2.75) is 17.9 Å². The van der Waals surface area contributed by atoms with Crippen LogP contribution >= 0.6 is 0 Å². The number of hydrogen-bond donors (Lipinski definition) is 1. The number of morpholine rings is 1. The summed E-state index contributed by atoms with van der Waals surface area (Å²) in [6, 6.07) is 16.8. The number of carbonyl (C=O) groups excluding carboxylic acids is 1. The molecule has 0 bridgehead atoms. The van der Waals surface area contributed by atoms with Crippen LogP contribution in [0.1, 0.15) is 28.9 Å². The van der Waals surface area contributed by atoms with Crippen molar-refractivity contribution in [3.05, 3.63) is 77.6 Å². The highest BCUT2D eigenvalue weighted by Crippen LogP contribution is 2.25. The van der Waals surface area contributed by atoms with Crippen LogP contribution in [0.25, 0.3) is 10.8 Å². The molecule has 0 radical (unpaired) electrons. The SMILES string of the molecule is CC(NC(=O)c1ccc(F)c(S(=O)(=O)N2CCOCC2)c1)c1cccc2ccccc12. The van der Waals surface area contributed by atoms with E-state index in [0.717, 1.165) is 28.5 Å². The summed E-state index contributed by atoms with van der Waals surface area (Å²) in [7, 11) is -4.06. The molecule has 162 valence electrons. The van der Waals surface area contributed by atoms with Crippen molar-refractivity contribution >= 4 is 26.7 Å². The van der Waals surface area contributed by atoms with Crippen LogP contribution in [0.4, 0.5) is 4.39 Å². The van der Waals surface area contributed by atoms with Crippen LogP contribution in [0.5, 0.6) is 0 Å². The fourth-order valence-corrected chi connectivity index (χ4v) is 5.25. The van der Waals surface area contributed by atoms with Gasteiger partial charge in [0.05, 0.1) is 19.3 Å². The molecular formula is C23H23FN2O4S. The summed E-state index contributed by atoms with van der Waals surface area (Å²) in [6.45, 7) is 2.66.